The molecule has 1 amide bonds. The van der Waals surface area contributed by atoms with E-state index >= 15 is 0 Å². The molecule has 6 atom stereocenters. The number of hydrogen-bond donors (Lipinski definition) is 3. The molecule has 0 aromatic heterocycles. The predicted molar refractivity (Wildman–Crippen MR) is 235 cm³/mol. The third-order valence-corrected chi connectivity index (χ3v) is 12.6. The number of aliphatic hydroxyl groups is 3. The van der Waals surface area contributed by atoms with Crippen LogP contribution in [0, 0.1) is 29.1 Å². The fourth-order valence-electron chi connectivity index (χ4n) is 9.22. The van der Waals surface area contributed by atoms with E-state index < -0.39 is 17.7 Å². The molecule has 1 aliphatic heterocycles. The molecule has 0 radical (unpaired) electrons. The van der Waals surface area contributed by atoms with Crippen LogP contribution in [0.1, 0.15) is 79.3 Å². The molecule has 3 N–H and O–H groups in total. The Kier molecular flexibility index (Phi) is 16.8. The van der Waals surface area contributed by atoms with Gasteiger partial charge < -0.3 is 44.0 Å². The van der Waals surface area contributed by atoms with E-state index in [0.29, 0.717) is 53.5 Å². The van der Waals surface area contributed by atoms with Crippen LogP contribution >= 0.6 is 11.8 Å². The van der Waals surface area contributed by atoms with Crippen LogP contribution in [0.5, 0.6) is 17.2 Å². The number of ether oxygens (including phenoxy) is 4. The van der Waals surface area contributed by atoms with Crippen molar-refractivity contribution in [1.82, 2.24) is 4.90 Å². The smallest absolute Gasteiger partial charge is 0.254 e. The van der Waals surface area contributed by atoms with Crippen molar-refractivity contribution in [2.45, 2.75) is 74.5 Å². The van der Waals surface area contributed by atoms with E-state index in [1.807, 2.05) is 49.6 Å². The van der Waals surface area contributed by atoms with Crippen molar-refractivity contribution in [2.75, 3.05) is 59.0 Å². The summed E-state index contributed by atoms with van der Waals surface area (Å²) in [6.45, 7) is 6.70. The highest BCUT2D eigenvalue weighted by Gasteiger charge is 2.65. The summed E-state index contributed by atoms with van der Waals surface area (Å²) < 4.78 is 26.7. The Morgan fingerprint density at radius 3 is 2.41 bits per heavy atom. The first kappa shape index (κ1) is 45.8. The second-order valence-electron chi connectivity index (χ2n) is 15.5. The van der Waals surface area contributed by atoms with Crippen LogP contribution < -0.4 is 9.47 Å². The van der Waals surface area contributed by atoms with Gasteiger partial charge in [0, 0.05) is 48.1 Å². The van der Waals surface area contributed by atoms with Gasteiger partial charge in [0.05, 0.1) is 49.7 Å². The number of benzene rings is 3. The molecule has 326 valence electrons. The Labute approximate surface area is 363 Å². The normalized spacial score (nSPS) is 23.2. The zero-order valence-corrected chi connectivity index (χ0v) is 36.1. The summed E-state index contributed by atoms with van der Waals surface area (Å²) in [5, 5.41) is 43.7. The van der Waals surface area contributed by atoms with Gasteiger partial charge in [0.15, 0.2) is 0 Å². The largest absolute Gasteiger partial charge is 0.459 e. The number of carbonyl (C=O) groups is 1. The standard InChI is InChI=1S/C48H59N3O9S/c1-4-26-57-48-44(51(22-27-56-28-25-54)47(55)34-14-12-33(32-49)13-15-34)31-42(50-58-5-2)40-29-35(10-6-8-23-52)39(11-7-9-24-53)45(46(40)48)41-30-37(18-21-43(41)60-48)59-36-16-19-38(61-3)20-17-36/h4,12-21,29-30,35,39,44-46,52-54H,1,5-11,22-28,31H2,2-3H3. The van der Waals surface area contributed by atoms with Crippen molar-refractivity contribution in [3.63, 3.8) is 0 Å². The molecule has 0 bridgehead atoms. The van der Waals surface area contributed by atoms with E-state index in [1.54, 1.807) is 47.0 Å². The van der Waals surface area contributed by atoms with E-state index in [4.69, 9.17) is 28.9 Å². The first-order valence-electron chi connectivity index (χ1n) is 21.4. The molecule has 1 heterocycles. The second kappa shape index (κ2) is 22.4. The van der Waals surface area contributed by atoms with E-state index in [9.17, 15) is 25.4 Å². The number of amides is 1. The number of carbonyl (C=O) groups excluding carboxylic acids is 1. The first-order chi connectivity index (χ1) is 29.9. The average molecular weight is 854 g/mol. The zero-order chi connectivity index (χ0) is 43.2. The zero-order valence-electron chi connectivity index (χ0n) is 35.2. The van der Waals surface area contributed by atoms with Gasteiger partial charge in [-0.25, -0.2) is 0 Å². The quantitative estimate of drug-likeness (QED) is 0.0368. The Hall–Kier alpha value is -4.68. The predicted octanol–water partition coefficient (Wildman–Crippen LogP) is 7.88. The van der Waals surface area contributed by atoms with Crippen molar-refractivity contribution >= 4 is 23.4 Å². The minimum atomic E-state index is -1.47. The van der Waals surface area contributed by atoms with Gasteiger partial charge in [-0.3, -0.25) is 4.79 Å². The van der Waals surface area contributed by atoms with Crippen LogP contribution in [0.15, 0.2) is 101 Å². The Morgan fingerprint density at radius 2 is 1.74 bits per heavy atom. The van der Waals surface area contributed by atoms with E-state index in [0.717, 1.165) is 41.7 Å². The van der Waals surface area contributed by atoms with Crippen LogP contribution in [0.25, 0.3) is 0 Å². The maximum absolute atomic E-state index is 15.0. The Bertz CT molecular complexity index is 2020. The number of oxime groups is 1. The Balaban J connectivity index is 1.58. The summed E-state index contributed by atoms with van der Waals surface area (Å²) in [6, 6.07) is 21.7. The molecule has 12 nitrogen and oxygen atoms in total. The molecule has 0 saturated heterocycles. The van der Waals surface area contributed by atoms with Gasteiger partial charge in [-0.2, -0.15) is 5.26 Å². The van der Waals surface area contributed by atoms with E-state index in [2.05, 4.69) is 24.8 Å². The van der Waals surface area contributed by atoms with Crippen LogP contribution in [-0.2, 0) is 14.3 Å². The summed E-state index contributed by atoms with van der Waals surface area (Å²) in [5.41, 5.74) is 3.36. The third-order valence-electron chi connectivity index (χ3n) is 11.9. The highest BCUT2D eigenvalue weighted by atomic mass is 32.2. The number of aliphatic hydroxyl groups excluding tert-OH is 3. The molecule has 1 fully saturated rings. The lowest BCUT2D eigenvalue weighted by atomic mass is 9.55. The minimum Gasteiger partial charge on any atom is -0.459 e. The topological polar surface area (TPSA) is 163 Å². The highest BCUT2D eigenvalue weighted by molar-refractivity contribution is 7.98. The van der Waals surface area contributed by atoms with Gasteiger partial charge in [0.25, 0.3) is 5.91 Å². The average Bonchev–Trinajstić information content (AvgIpc) is 3.29. The van der Waals surface area contributed by atoms with Gasteiger partial charge in [-0.15, -0.1) is 18.3 Å². The summed E-state index contributed by atoms with van der Waals surface area (Å²) in [5.74, 6) is -0.460. The number of nitriles is 1. The molecule has 6 unspecified atom stereocenters. The van der Waals surface area contributed by atoms with E-state index in [1.165, 1.54) is 0 Å². The summed E-state index contributed by atoms with van der Waals surface area (Å²) >= 11 is 1.66. The molecule has 6 rings (SSSR count). The van der Waals surface area contributed by atoms with Gasteiger partial charge in [-0.1, -0.05) is 30.1 Å². The number of hydrogen-bond acceptors (Lipinski definition) is 12. The summed E-state index contributed by atoms with van der Waals surface area (Å²) in [7, 11) is 0. The van der Waals surface area contributed by atoms with Crippen LogP contribution in [0.2, 0.25) is 0 Å². The van der Waals surface area contributed by atoms with Crippen LogP contribution in [-0.4, -0.2) is 103 Å². The molecule has 3 aromatic carbocycles. The number of allylic oxidation sites excluding steroid dienone is 1. The molecule has 1 saturated carbocycles. The number of thioether (sulfide) groups is 1. The van der Waals surface area contributed by atoms with Crippen LogP contribution in [0.3, 0.4) is 0 Å². The fourth-order valence-corrected chi connectivity index (χ4v) is 9.62. The Morgan fingerprint density at radius 1 is 1.00 bits per heavy atom. The number of unbranched alkanes of at least 4 members (excludes halogenated alkanes) is 2. The maximum atomic E-state index is 15.0. The SMILES string of the molecule is C=CCOC12Oc3ccc(Oc4ccc(SC)cc4)cc3C3C(CCCCO)C(CCCCO)C=C(C(=NOCC)CC1N(CCOCCO)C(=O)c1ccc(C#N)cc1)C32. The number of fused-ring (bicyclic) bond motifs is 2. The molecular formula is C48H59N3O9S. The third kappa shape index (κ3) is 10.5. The second-order valence-corrected chi connectivity index (χ2v) is 16.4. The lowest BCUT2D eigenvalue weighted by Gasteiger charge is -2.60. The van der Waals surface area contributed by atoms with Crippen molar-refractivity contribution in [3.8, 4) is 23.3 Å². The van der Waals surface area contributed by atoms with Crippen molar-refractivity contribution in [2.24, 2.45) is 22.9 Å². The van der Waals surface area contributed by atoms with Crippen molar-refractivity contribution in [1.29, 1.82) is 5.26 Å². The molecular weight excluding hydrogens is 795 g/mol. The number of nitrogens with zero attached hydrogens (tertiary/aromatic N) is 3. The van der Waals surface area contributed by atoms with Crippen LogP contribution in [0.4, 0.5) is 0 Å². The molecule has 2 aliphatic carbocycles. The van der Waals surface area contributed by atoms with Gasteiger partial charge in [-0.05, 0) is 123 Å². The van der Waals surface area contributed by atoms with Crippen molar-refractivity contribution < 1.29 is 43.9 Å². The monoisotopic (exact) mass is 853 g/mol. The molecule has 3 aliphatic rings. The summed E-state index contributed by atoms with van der Waals surface area (Å²) in [6.07, 6.45) is 10.8. The maximum Gasteiger partial charge on any atom is 0.254 e. The molecule has 0 spiro atoms. The fraction of sp³-hybridized carbons (Fsp3) is 0.479. The molecule has 13 heteroatoms. The molecule has 3 aromatic rings. The highest BCUT2D eigenvalue weighted by Crippen LogP contribution is 2.62. The van der Waals surface area contributed by atoms with Gasteiger partial charge >= 0.3 is 0 Å². The lowest BCUT2D eigenvalue weighted by Crippen LogP contribution is -2.70. The van der Waals surface area contributed by atoms with Gasteiger partial charge in [0.1, 0.15) is 29.9 Å². The van der Waals surface area contributed by atoms with Crippen molar-refractivity contribution in [3.05, 3.63) is 108 Å². The van der Waals surface area contributed by atoms with Gasteiger partial charge in [0.2, 0.25) is 5.79 Å². The minimum absolute atomic E-state index is 0.0344. The lowest BCUT2D eigenvalue weighted by molar-refractivity contribution is -0.254. The summed E-state index contributed by atoms with van der Waals surface area (Å²) in [4.78, 5) is 23.7. The number of rotatable bonds is 23. The molecule has 61 heavy (non-hydrogen) atoms. The van der Waals surface area contributed by atoms with E-state index in [-0.39, 0.29) is 76.3 Å². The first-order valence-corrected chi connectivity index (χ1v) is 22.6.